The Balaban J connectivity index is 2.07. The highest BCUT2D eigenvalue weighted by molar-refractivity contribution is 5.88. The van der Waals surface area contributed by atoms with E-state index in [9.17, 15) is 4.79 Å². The van der Waals surface area contributed by atoms with E-state index in [1.807, 2.05) is 19.9 Å². The van der Waals surface area contributed by atoms with Crippen molar-refractivity contribution in [2.75, 3.05) is 19.4 Å². The van der Waals surface area contributed by atoms with Crippen LogP contribution in [-0.4, -0.2) is 35.0 Å². The van der Waals surface area contributed by atoms with E-state index in [1.54, 1.807) is 38.4 Å². The minimum absolute atomic E-state index is 0.179. The molecule has 2 rings (SSSR count). The molecule has 0 unspecified atom stereocenters. The van der Waals surface area contributed by atoms with Crippen molar-refractivity contribution in [1.82, 2.24) is 14.9 Å². The van der Waals surface area contributed by atoms with Crippen molar-refractivity contribution in [3.05, 3.63) is 41.7 Å². The summed E-state index contributed by atoms with van der Waals surface area (Å²) in [5.74, 6) is 0.614. The number of anilines is 1. The van der Waals surface area contributed by atoms with E-state index in [2.05, 4.69) is 15.3 Å². The number of carbonyl (C=O) groups excluding carboxylic acids is 1. The molecule has 0 bridgehead atoms. The molecular formula is C15H18N4O2. The van der Waals surface area contributed by atoms with E-state index in [0.29, 0.717) is 17.4 Å². The molecule has 0 fully saturated rings. The van der Waals surface area contributed by atoms with E-state index in [1.165, 1.54) is 4.90 Å². The molecular weight excluding hydrogens is 268 g/mol. The van der Waals surface area contributed by atoms with Crippen LogP contribution in [0.2, 0.25) is 0 Å². The minimum Gasteiger partial charge on any atom is -0.424 e. The van der Waals surface area contributed by atoms with Crippen LogP contribution in [0.1, 0.15) is 11.4 Å². The van der Waals surface area contributed by atoms with Gasteiger partial charge < -0.3 is 15.0 Å². The van der Waals surface area contributed by atoms with Gasteiger partial charge in [-0.25, -0.2) is 14.8 Å². The maximum absolute atomic E-state index is 11.5. The quantitative estimate of drug-likeness (QED) is 0.942. The minimum atomic E-state index is -0.179. The number of benzene rings is 1. The van der Waals surface area contributed by atoms with Crippen LogP contribution in [0.4, 0.5) is 10.5 Å². The Bertz CT molecular complexity index is 618. The molecule has 0 atom stereocenters. The molecule has 0 radical (unpaired) electrons. The number of rotatable bonds is 3. The SMILES string of the molecule is Cc1cc(C)nc(Oc2ccc(NC(=O)N(C)C)cc2)n1. The number of nitrogens with one attached hydrogen (secondary N) is 1. The monoisotopic (exact) mass is 286 g/mol. The first-order chi connectivity index (χ1) is 9.94. The third kappa shape index (κ3) is 4.17. The maximum Gasteiger partial charge on any atom is 0.322 e. The van der Waals surface area contributed by atoms with Gasteiger partial charge in [0.1, 0.15) is 5.75 Å². The summed E-state index contributed by atoms with van der Waals surface area (Å²) < 4.78 is 5.60. The average Bonchev–Trinajstić information content (AvgIpc) is 2.39. The Morgan fingerprint density at radius 1 is 1.10 bits per heavy atom. The zero-order valence-electron chi connectivity index (χ0n) is 12.5. The summed E-state index contributed by atoms with van der Waals surface area (Å²) >= 11 is 0. The molecule has 110 valence electrons. The van der Waals surface area contributed by atoms with Crippen molar-refractivity contribution in [2.45, 2.75) is 13.8 Å². The molecule has 0 aliphatic heterocycles. The first-order valence-corrected chi connectivity index (χ1v) is 6.52. The van der Waals surface area contributed by atoms with Crippen LogP contribution < -0.4 is 10.1 Å². The van der Waals surface area contributed by atoms with Crippen LogP contribution in [0.15, 0.2) is 30.3 Å². The van der Waals surface area contributed by atoms with Crippen molar-refractivity contribution in [2.24, 2.45) is 0 Å². The second kappa shape index (κ2) is 6.21. The van der Waals surface area contributed by atoms with Gasteiger partial charge in [0.2, 0.25) is 0 Å². The van der Waals surface area contributed by atoms with Gasteiger partial charge in [-0.2, -0.15) is 0 Å². The summed E-state index contributed by atoms with van der Waals surface area (Å²) in [5, 5.41) is 2.75. The standard InChI is InChI=1S/C15H18N4O2/c1-10-9-11(2)17-14(16-10)21-13-7-5-12(6-8-13)18-15(20)19(3)4/h5-9H,1-4H3,(H,18,20). The fourth-order valence-electron chi connectivity index (χ4n) is 1.69. The van der Waals surface area contributed by atoms with Gasteiger partial charge in [-0.3, -0.25) is 0 Å². The molecule has 6 nitrogen and oxygen atoms in total. The van der Waals surface area contributed by atoms with Gasteiger partial charge >= 0.3 is 12.0 Å². The third-order valence-corrected chi connectivity index (χ3v) is 2.68. The van der Waals surface area contributed by atoms with Crippen molar-refractivity contribution < 1.29 is 9.53 Å². The summed E-state index contributed by atoms with van der Waals surface area (Å²) in [6, 6.07) is 9.06. The number of nitrogens with zero attached hydrogens (tertiary/aromatic N) is 3. The predicted molar refractivity (Wildman–Crippen MR) is 80.7 cm³/mol. The zero-order valence-corrected chi connectivity index (χ0v) is 12.5. The second-order valence-corrected chi connectivity index (χ2v) is 4.88. The number of urea groups is 1. The molecule has 21 heavy (non-hydrogen) atoms. The molecule has 0 saturated heterocycles. The summed E-state index contributed by atoms with van der Waals surface area (Å²) in [7, 11) is 3.37. The van der Waals surface area contributed by atoms with Crippen LogP contribution in [-0.2, 0) is 0 Å². The number of amides is 2. The topological polar surface area (TPSA) is 67.3 Å². The van der Waals surface area contributed by atoms with Crippen LogP contribution in [0.3, 0.4) is 0 Å². The molecule has 1 aromatic carbocycles. The molecule has 0 spiro atoms. The Morgan fingerprint density at radius 2 is 1.67 bits per heavy atom. The number of hydrogen-bond acceptors (Lipinski definition) is 4. The highest BCUT2D eigenvalue weighted by Crippen LogP contribution is 2.20. The van der Waals surface area contributed by atoms with Crippen LogP contribution in [0.5, 0.6) is 11.8 Å². The van der Waals surface area contributed by atoms with Crippen LogP contribution in [0, 0.1) is 13.8 Å². The Kier molecular flexibility index (Phi) is 4.37. The number of hydrogen-bond donors (Lipinski definition) is 1. The van der Waals surface area contributed by atoms with E-state index in [4.69, 9.17) is 4.74 Å². The molecule has 0 aliphatic carbocycles. The van der Waals surface area contributed by atoms with Crippen molar-refractivity contribution >= 4 is 11.7 Å². The predicted octanol–water partition coefficient (Wildman–Crippen LogP) is 2.98. The molecule has 2 aromatic rings. The lowest BCUT2D eigenvalue weighted by Gasteiger charge is -2.12. The zero-order chi connectivity index (χ0) is 15.4. The molecule has 0 saturated carbocycles. The van der Waals surface area contributed by atoms with Crippen LogP contribution in [0.25, 0.3) is 0 Å². The molecule has 2 amide bonds. The van der Waals surface area contributed by atoms with Gasteiger partial charge in [0.05, 0.1) is 0 Å². The van der Waals surface area contributed by atoms with Crippen molar-refractivity contribution in [3.63, 3.8) is 0 Å². The van der Waals surface area contributed by atoms with Gasteiger partial charge in [-0.05, 0) is 44.2 Å². The van der Waals surface area contributed by atoms with Gasteiger partial charge in [-0.15, -0.1) is 0 Å². The fourth-order valence-corrected chi connectivity index (χ4v) is 1.69. The van der Waals surface area contributed by atoms with Crippen molar-refractivity contribution in [1.29, 1.82) is 0 Å². The van der Waals surface area contributed by atoms with Crippen molar-refractivity contribution in [3.8, 4) is 11.8 Å². The lowest BCUT2D eigenvalue weighted by Crippen LogP contribution is -2.27. The Labute approximate surface area is 123 Å². The van der Waals surface area contributed by atoms with E-state index in [0.717, 1.165) is 11.4 Å². The smallest absolute Gasteiger partial charge is 0.322 e. The first-order valence-electron chi connectivity index (χ1n) is 6.52. The molecule has 6 heteroatoms. The van der Waals surface area contributed by atoms with Gasteiger partial charge in [0.25, 0.3) is 0 Å². The highest BCUT2D eigenvalue weighted by Gasteiger charge is 2.05. The Hall–Kier alpha value is -2.63. The summed E-state index contributed by atoms with van der Waals surface area (Å²) in [6.07, 6.45) is 0. The maximum atomic E-state index is 11.5. The molecule has 0 aliphatic rings. The summed E-state index contributed by atoms with van der Waals surface area (Å²) in [4.78, 5) is 21.4. The first kappa shape index (κ1) is 14.8. The largest absolute Gasteiger partial charge is 0.424 e. The number of ether oxygens (including phenoxy) is 1. The van der Waals surface area contributed by atoms with E-state index < -0.39 is 0 Å². The van der Waals surface area contributed by atoms with E-state index >= 15 is 0 Å². The molecule has 1 heterocycles. The molecule has 1 N–H and O–H groups in total. The number of carbonyl (C=O) groups is 1. The lowest BCUT2D eigenvalue weighted by atomic mass is 10.3. The fraction of sp³-hybridized carbons (Fsp3) is 0.267. The lowest BCUT2D eigenvalue weighted by molar-refractivity contribution is 0.230. The summed E-state index contributed by atoms with van der Waals surface area (Å²) in [5.41, 5.74) is 2.40. The normalized spacial score (nSPS) is 10.1. The average molecular weight is 286 g/mol. The Morgan fingerprint density at radius 3 is 2.19 bits per heavy atom. The van der Waals surface area contributed by atoms with E-state index in [-0.39, 0.29) is 6.03 Å². The second-order valence-electron chi connectivity index (χ2n) is 4.88. The summed E-state index contributed by atoms with van der Waals surface area (Å²) in [6.45, 7) is 3.78. The van der Waals surface area contributed by atoms with Gasteiger partial charge in [-0.1, -0.05) is 0 Å². The van der Waals surface area contributed by atoms with Gasteiger partial charge in [0.15, 0.2) is 0 Å². The number of aromatic nitrogens is 2. The number of aryl methyl sites for hydroxylation is 2. The highest BCUT2D eigenvalue weighted by atomic mass is 16.5. The van der Waals surface area contributed by atoms with Crippen LogP contribution >= 0.6 is 0 Å². The van der Waals surface area contributed by atoms with Gasteiger partial charge in [0, 0.05) is 31.2 Å². The molecule has 1 aromatic heterocycles. The third-order valence-electron chi connectivity index (χ3n) is 2.68.